The SMILES string of the molecule is CC(C)CNCC1CCCC1CCS(=O)(=O)C(C)C. The second-order valence-corrected chi connectivity index (χ2v) is 9.38. The quantitative estimate of drug-likeness (QED) is 0.747. The second kappa shape index (κ2) is 7.63. The normalized spacial score (nSPS) is 24.5. The molecule has 1 N–H and O–H groups in total. The van der Waals surface area contributed by atoms with Gasteiger partial charge < -0.3 is 5.32 Å². The summed E-state index contributed by atoms with van der Waals surface area (Å²) in [4.78, 5) is 0. The van der Waals surface area contributed by atoms with Crippen LogP contribution < -0.4 is 5.32 Å². The van der Waals surface area contributed by atoms with Crippen LogP contribution in [0.2, 0.25) is 0 Å². The fourth-order valence-electron chi connectivity index (χ4n) is 2.87. The molecular formula is C15H31NO2S. The van der Waals surface area contributed by atoms with E-state index in [0.29, 0.717) is 23.5 Å². The predicted octanol–water partition coefficient (Wildman–Crippen LogP) is 2.86. The van der Waals surface area contributed by atoms with Gasteiger partial charge in [-0.05, 0) is 57.5 Å². The molecule has 0 amide bonds. The van der Waals surface area contributed by atoms with E-state index in [0.717, 1.165) is 19.5 Å². The van der Waals surface area contributed by atoms with Gasteiger partial charge in [-0.1, -0.05) is 26.7 Å². The van der Waals surface area contributed by atoms with Crippen LogP contribution in [0, 0.1) is 17.8 Å². The third-order valence-electron chi connectivity index (χ3n) is 4.27. The molecule has 0 spiro atoms. The van der Waals surface area contributed by atoms with Gasteiger partial charge in [-0.2, -0.15) is 0 Å². The van der Waals surface area contributed by atoms with Crippen molar-refractivity contribution in [1.82, 2.24) is 5.32 Å². The van der Waals surface area contributed by atoms with Crippen LogP contribution in [0.15, 0.2) is 0 Å². The van der Waals surface area contributed by atoms with Crippen molar-refractivity contribution >= 4 is 9.84 Å². The van der Waals surface area contributed by atoms with Gasteiger partial charge >= 0.3 is 0 Å². The summed E-state index contributed by atoms with van der Waals surface area (Å²) >= 11 is 0. The van der Waals surface area contributed by atoms with Gasteiger partial charge in [0.1, 0.15) is 0 Å². The first-order chi connectivity index (χ1) is 8.83. The predicted molar refractivity (Wildman–Crippen MR) is 82.1 cm³/mol. The van der Waals surface area contributed by atoms with Crippen molar-refractivity contribution in [1.29, 1.82) is 0 Å². The van der Waals surface area contributed by atoms with E-state index in [9.17, 15) is 8.42 Å². The maximum absolute atomic E-state index is 11.9. The molecule has 0 aromatic heterocycles. The van der Waals surface area contributed by atoms with Crippen LogP contribution in [-0.2, 0) is 9.84 Å². The lowest BCUT2D eigenvalue weighted by molar-refractivity contribution is 0.351. The molecule has 1 fully saturated rings. The van der Waals surface area contributed by atoms with E-state index in [1.165, 1.54) is 19.3 Å². The van der Waals surface area contributed by atoms with Gasteiger partial charge in [0.2, 0.25) is 0 Å². The van der Waals surface area contributed by atoms with Crippen LogP contribution in [-0.4, -0.2) is 32.5 Å². The second-order valence-electron chi connectivity index (χ2n) is 6.71. The molecule has 0 radical (unpaired) electrons. The Bertz CT molecular complexity index is 349. The molecule has 2 atom stereocenters. The number of sulfone groups is 1. The van der Waals surface area contributed by atoms with Crippen molar-refractivity contribution in [2.24, 2.45) is 17.8 Å². The molecule has 1 rings (SSSR count). The Morgan fingerprint density at radius 1 is 1.11 bits per heavy atom. The summed E-state index contributed by atoms with van der Waals surface area (Å²) in [7, 11) is -2.86. The van der Waals surface area contributed by atoms with E-state index in [2.05, 4.69) is 19.2 Å². The van der Waals surface area contributed by atoms with E-state index in [1.54, 1.807) is 13.8 Å². The molecule has 2 unspecified atom stereocenters. The molecule has 4 heteroatoms. The van der Waals surface area contributed by atoms with Crippen molar-refractivity contribution in [3.05, 3.63) is 0 Å². The molecule has 0 saturated heterocycles. The summed E-state index contributed by atoms with van der Waals surface area (Å²) in [6.07, 6.45) is 4.59. The number of rotatable bonds is 8. The average molecular weight is 289 g/mol. The maximum Gasteiger partial charge on any atom is 0.152 e. The summed E-state index contributed by atoms with van der Waals surface area (Å²) in [6.45, 7) is 10.1. The highest BCUT2D eigenvalue weighted by Gasteiger charge is 2.28. The van der Waals surface area contributed by atoms with Crippen LogP contribution in [0.4, 0.5) is 0 Å². The fraction of sp³-hybridized carbons (Fsp3) is 1.00. The zero-order valence-corrected chi connectivity index (χ0v) is 13.8. The lowest BCUT2D eigenvalue weighted by atomic mass is 9.93. The molecule has 3 nitrogen and oxygen atoms in total. The Balaban J connectivity index is 2.36. The van der Waals surface area contributed by atoms with Crippen LogP contribution in [0.25, 0.3) is 0 Å². The minimum absolute atomic E-state index is 0.230. The Hall–Kier alpha value is -0.0900. The first kappa shape index (κ1) is 17.0. The minimum atomic E-state index is -2.86. The molecule has 0 aromatic carbocycles. The molecule has 1 saturated carbocycles. The largest absolute Gasteiger partial charge is 0.316 e. The highest BCUT2D eigenvalue weighted by atomic mass is 32.2. The van der Waals surface area contributed by atoms with Crippen molar-refractivity contribution in [3.63, 3.8) is 0 Å². The van der Waals surface area contributed by atoms with E-state index in [1.807, 2.05) is 0 Å². The third-order valence-corrected chi connectivity index (χ3v) is 6.51. The van der Waals surface area contributed by atoms with Crippen LogP contribution >= 0.6 is 0 Å². The topological polar surface area (TPSA) is 46.2 Å². The monoisotopic (exact) mass is 289 g/mol. The summed E-state index contributed by atoms with van der Waals surface area (Å²) in [5, 5.41) is 3.30. The molecule has 0 heterocycles. The smallest absolute Gasteiger partial charge is 0.152 e. The molecule has 1 aliphatic carbocycles. The van der Waals surface area contributed by atoms with Gasteiger partial charge in [0, 0.05) is 0 Å². The molecule has 0 aliphatic heterocycles. The Morgan fingerprint density at radius 3 is 2.32 bits per heavy atom. The summed E-state index contributed by atoms with van der Waals surface area (Å²) in [6, 6.07) is 0. The maximum atomic E-state index is 11.9. The van der Waals surface area contributed by atoms with E-state index in [4.69, 9.17) is 0 Å². The molecule has 19 heavy (non-hydrogen) atoms. The lowest BCUT2D eigenvalue weighted by Crippen LogP contribution is -2.29. The van der Waals surface area contributed by atoms with Crippen LogP contribution in [0.5, 0.6) is 0 Å². The number of nitrogens with one attached hydrogen (secondary N) is 1. The van der Waals surface area contributed by atoms with Gasteiger partial charge in [0.25, 0.3) is 0 Å². The summed E-state index contributed by atoms with van der Waals surface area (Å²) in [5.41, 5.74) is 0. The van der Waals surface area contributed by atoms with Crippen molar-refractivity contribution < 1.29 is 8.42 Å². The van der Waals surface area contributed by atoms with Gasteiger partial charge in [-0.15, -0.1) is 0 Å². The number of hydrogen-bond acceptors (Lipinski definition) is 3. The van der Waals surface area contributed by atoms with Crippen LogP contribution in [0.1, 0.15) is 53.4 Å². The first-order valence-corrected chi connectivity index (χ1v) is 9.46. The standard InChI is InChI=1S/C15H31NO2S/c1-12(2)10-16-11-15-7-5-6-14(15)8-9-19(17,18)13(3)4/h12-16H,5-11H2,1-4H3. The first-order valence-electron chi connectivity index (χ1n) is 7.75. The fourth-order valence-corrected chi connectivity index (χ4v) is 3.97. The van der Waals surface area contributed by atoms with Crippen molar-refractivity contribution in [3.8, 4) is 0 Å². The zero-order valence-electron chi connectivity index (χ0n) is 13.0. The van der Waals surface area contributed by atoms with Gasteiger partial charge in [-0.3, -0.25) is 0 Å². The molecule has 114 valence electrons. The number of hydrogen-bond donors (Lipinski definition) is 1. The van der Waals surface area contributed by atoms with E-state index in [-0.39, 0.29) is 5.25 Å². The Morgan fingerprint density at radius 2 is 1.74 bits per heavy atom. The van der Waals surface area contributed by atoms with Crippen molar-refractivity contribution in [2.45, 2.75) is 58.6 Å². The minimum Gasteiger partial charge on any atom is -0.316 e. The zero-order chi connectivity index (χ0) is 14.5. The lowest BCUT2D eigenvalue weighted by Gasteiger charge is -2.21. The summed E-state index contributed by atoms with van der Waals surface area (Å²) < 4.78 is 23.8. The summed E-state index contributed by atoms with van der Waals surface area (Å²) in [5.74, 6) is 2.34. The average Bonchev–Trinajstić information content (AvgIpc) is 2.73. The highest BCUT2D eigenvalue weighted by Crippen LogP contribution is 2.34. The van der Waals surface area contributed by atoms with E-state index >= 15 is 0 Å². The van der Waals surface area contributed by atoms with Crippen molar-refractivity contribution in [2.75, 3.05) is 18.8 Å². The van der Waals surface area contributed by atoms with Gasteiger partial charge in [-0.25, -0.2) is 8.42 Å². The molecule has 0 aromatic rings. The van der Waals surface area contributed by atoms with Gasteiger partial charge in [0.15, 0.2) is 9.84 Å². The Kier molecular flexibility index (Phi) is 6.81. The highest BCUT2D eigenvalue weighted by molar-refractivity contribution is 7.91. The molecule has 0 bridgehead atoms. The van der Waals surface area contributed by atoms with E-state index < -0.39 is 9.84 Å². The van der Waals surface area contributed by atoms with Gasteiger partial charge in [0.05, 0.1) is 11.0 Å². The Labute approximate surface area is 119 Å². The van der Waals surface area contributed by atoms with Crippen LogP contribution in [0.3, 0.4) is 0 Å². The molecular weight excluding hydrogens is 258 g/mol. The molecule has 1 aliphatic rings. The third kappa shape index (κ3) is 5.82.